The molecule has 0 spiro atoms. The number of amidine groups is 1. The van der Waals surface area contributed by atoms with Gasteiger partial charge in [-0.25, -0.2) is 17.9 Å². The van der Waals surface area contributed by atoms with Crippen molar-refractivity contribution < 1.29 is 22.7 Å². The smallest absolute Gasteiger partial charge is 0.416 e. The molecule has 39 heavy (non-hydrogen) atoms. The van der Waals surface area contributed by atoms with Crippen molar-refractivity contribution in [2.75, 3.05) is 26.7 Å². The Morgan fingerprint density at radius 2 is 1.82 bits per heavy atom. The number of carbonyl (C=O) groups is 2. The summed E-state index contributed by atoms with van der Waals surface area (Å²) in [4.78, 5) is 32.5. The normalized spacial score (nSPS) is 14.0. The van der Waals surface area contributed by atoms with Gasteiger partial charge in [0.25, 0.3) is 0 Å². The number of amides is 2. The average Bonchev–Trinajstić information content (AvgIpc) is 3.34. The van der Waals surface area contributed by atoms with Gasteiger partial charge in [-0.2, -0.15) is 0 Å². The summed E-state index contributed by atoms with van der Waals surface area (Å²) in [6, 6.07) is 10.2. The van der Waals surface area contributed by atoms with Crippen LogP contribution in [-0.4, -0.2) is 68.3 Å². The Morgan fingerprint density at radius 3 is 2.46 bits per heavy atom. The third-order valence-corrected chi connectivity index (χ3v) is 8.16. The summed E-state index contributed by atoms with van der Waals surface area (Å²) in [5.41, 5.74) is 1.52. The zero-order valence-electron chi connectivity index (χ0n) is 22.5. The Bertz CT molecular complexity index is 1400. The summed E-state index contributed by atoms with van der Waals surface area (Å²) in [6.45, 7) is 8.28. The number of ether oxygens (including phenoxy) is 1. The van der Waals surface area contributed by atoms with Crippen molar-refractivity contribution in [3.05, 3.63) is 75.3 Å². The van der Waals surface area contributed by atoms with Crippen molar-refractivity contribution >= 4 is 51.1 Å². The molecule has 0 aliphatic carbocycles. The van der Waals surface area contributed by atoms with Gasteiger partial charge in [0.2, 0.25) is 15.9 Å². The molecule has 9 nitrogen and oxygen atoms in total. The SMILES string of the molecule is Cc1c(Cl)ccc(S(=O)(=O)NCC=CC(=O)N(C)Cc2ccc(C3=NCCN3C(=O)OC(C)(C)C)cc2)c1Cl. The van der Waals surface area contributed by atoms with E-state index in [1.54, 1.807) is 14.0 Å². The van der Waals surface area contributed by atoms with Crippen LogP contribution in [0.15, 0.2) is 58.4 Å². The molecule has 3 rings (SSSR count). The van der Waals surface area contributed by atoms with Gasteiger partial charge in [0.05, 0.1) is 18.1 Å². The number of carbonyl (C=O) groups excluding carboxylic acids is 2. The lowest BCUT2D eigenvalue weighted by Gasteiger charge is -2.25. The van der Waals surface area contributed by atoms with Gasteiger partial charge in [0, 0.05) is 36.8 Å². The minimum absolute atomic E-state index is 0.0540. The highest BCUT2D eigenvalue weighted by molar-refractivity contribution is 7.89. The monoisotopic (exact) mass is 594 g/mol. The van der Waals surface area contributed by atoms with Gasteiger partial charge in [0.15, 0.2) is 0 Å². The Kier molecular flexibility index (Phi) is 9.82. The lowest BCUT2D eigenvalue weighted by Crippen LogP contribution is -2.39. The van der Waals surface area contributed by atoms with E-state index in [-0.39, 0.29) is 22.4 Å². The highest BCUT2D eigenvalue weighted by Crippen LogP contribution is 2.30. The maximum Gasteiger partial charge on any atom is 0.416 e. The zero-order chi connectivity index (χ0) is 29.0. The van der Waals surface area contributed by atoms with Crippen LogP contribution in [-0.2, 0) is 26.1 Å². The zero-order valence-corrected chi connectivity index (χ0v) is 24.8. The number of nitrogens with one attached hydrogen (secondary N) is 1. The molecule has 0 unspecified atom stereocenters. The first-order chi connectivity index (χ1) is 18.2. The van der Waals surface area contributed by atoms with Crippen molar-refractivity contribution in [3.63, 3.8) is 0 Å². The molecule has 0 fully saturated rings. The van der Waals surface area contributed by atoms with Crippen molar-refractivity contribution in [3.8, 4) is 0 Å². The molecule has 12 heteroatoms. The first-order valence-electron chi connectivity index (χ1n) is 12.2. The molecular weight excluding hydrogens is 563 g/mol. The van der Waals surface area contributed by atoms with Crippen LogP contribution >= 0.6 is 23.2 Å². The second-order valence-corrected chi connectivity index (χ2v) is 12.5. The van der Waals surface area contributed by atoms with Gasteiger partial charge < -0.3 is 9.64 Å². The molecule has 210 valence electrons. The van der Waals surface area contributed by atoms with E-state index < -0.39 is 21.7 Å². The van der Waals surface area contributed by atoms with Gasteiger partial charge in [0.1, 0.15) is 16.3 Å². The summed E-state index contributed by atoms with van der Waals surface area (Å²) in [5, 5.41) is 0.426. The highest BCUT2D eigenvalue weighted by Gasteiger charge is 2.29. The van der Waals surface area contributed by atoms with Gasteiger partial charge in [-0.05, 0) is 51.0 Å². The van der Waals surface area contributed by atoms with Crippen molar-refractivity contribution in [1.82, 2.24) is 14.5 Å². The summed E-state index contributed by atoms with van der Waals surface area (Å²) in [6.07, 6.45) is 2.30. The van der Waals surface area contributed by atoms with Crippen LogP contribution in [0.3, 0.4) is 0 Å². The second kappa shape index (κ2) is 12.5. The number of benzene rings is 2. The van der Waals surface area contributed by atoms with Crippen LogP contribution in [0.5, 0.6) is 0 Å². The molecule has 0 saturated carbocycles. The van der Waals surface area contributed by atoms with E-state index in [0.29, 0.717) is 36.1 Å². The molecule has 2 aromatic carbocycles. The predicted octanol–water partition coefficient (Wildman–Crippen LogP) is 4.79. The number of halogens is 2. The van der Waals surface area contributed by atoms with Crippen LogP contribution in [0.4, 0.5) is 4.79 Å². The number of hydrogen-bond donors (Lipinski definition) is 1. The molecule has 0 radical (unpaired) electrons. The van der Waals surface area contributed by atoms with E-state index in [4.69, 9.17) is 27.9 Å². The summed E-state index contributed by atoms with van der Waals surface area (Å²) < 4.78 is 33.0. The molecule has 2 aromatic rings. The highest BCUT2D eigenvalue weighted by atomic mass is 35.5. The van der Waals surface area contributed by atoms with Crippen LogP contribution in [0.25, 0.3) is 0 Å². The summed E-state index contributed by atoms with van der Waals surface area (Å²) in [7, 11) is -2.24. The van der Waals surface area contributed by atoms with Gasteiger partial charge >= 0.3 is 6.09 Å². The van der Waals surface area contributed by atoms with Crippen LogP contribution < -0.4 is 4.72 Å². The number of likely N-dealkylation sites (N-methyl/N-ethyl adjacent to an activating group) is 1. The molecule has 2 amide bonds. The predicted molar refractivity (Wildman–Crippen MR) is 153 cm³/mol. The summed E-state index contributed by atoms with van der Waals surface area (Å²) >= 11 is 12.1. The number of nitrogens with zero attached hydrogens (tertiary/aromatic N) is 3. The largest absolute Gasteiger partial charge is 0.443 e. The van der Waals surface area contributed by atoms with Gasteiger partial charge in [-0.1, -0.05) is 53.5 Å². The van der Waals surface area contributed by atoms with E-state index >= 15 is 0 Å². The standard InChI is InChI=1S/C27H32Cl2N4O5S/c1-18-21(28)12-13-22(24(18)29)39(36,37)31-14-6-7-23(34)32(5)17-19-8-10-20(11-9-19)25-30-15-16-33(25)26(35)38-27(2,3)4/h6-13,31H,14-17H2,1-5H3. The quantitative estimate of drug-likeness (QED) is 0.442. The second-order valence-electron chi connectivity index (χ2n) is 9.97. The van der Waals surface area contributed by atoms with E-state index in [9.17, 15) is 18.0 Å². The first-order valence-corrected chi connectivity index (χ1v) is 14.4. The van der Waals surface area contributed by atoms with Crippen molar-refractivity contribution in [2.24, 2.45) is 4.99 Å². The fourth-order valence-corrected chi connectivity index (χ4v) is 5.45. The molecule has 1 N–H and O–H groups in total. The molecule has 1 heterocycles. The minimum atomic E-state index is -3.89. The first kappa shape index (κ1) is 30.6. The summed E-state index contributed by atoms with van der Waals surface area (Å²) in [5.74, 6) is 0.260. The molecule has 1 aliphatic rings. The molecule has 0 atom stereocenters. The van der Waals surface area contributed by atoms with Crippen LogP contribution in [0.2, 0.25) is 10.0 Å². The molecule has 1 aliphatic heterocycles. The third kappa shape index (κ3) is 8.04. The number of sulfonamides is 1. The van der Waals surface area contributed by atoms with E-state index in [1.165, 1.54) is 34.1 Å². The Hall–Kier alpha value is -2.92. The number of rotatable bonds is 8. The maximum absolute atomic E-state index is 12.6. The number of aliphatic imine (C=N–C) groups is 1. The Balaban J connectivity index is 1.55. The molecule has 0 bridgehead atoms. The van der Waals surface area contributed by atoms with Crippen molar-refractivity contribution in [2.45, 2.75) is 44.7 Å². The van der Waals surface area contributed by atoms with E-state index in [2.05, 4.69) is 9.71 Å². The maximum atomic E-state index is 12.6. The van der Waals surface area contributed by atoms with Gasteiger partial charge in [-0.15, -0.1) is 0 Å². The number of hydrogen-bond acceptors (Lipinski definition) is 6. The fourth-order valence-electron chi connectivity index (χ4n) is 3.67. The van der Waals surface area contributed by atoms with Crippen LogP contribution in [0, 0.1) is 6.92 Å². The lowest BCUT2D eigenvalue weighted by molar-refractivity contribution is -0.125. The molecule has 0 aromatic heterocycles. The average molecular weight is 596 g/mol. The third-order valence-electron chi connectivity index (χ3n) is 5.69. The van der Waals surface area contributed by atoms with Crippen molar-refractivity contribution in [1.29, 1.82) is 0 Å². The molecule has 0 saturated heterocycles. The van der Waals surface area contributed by atoms with Gasteiger partial charge in [-0.3, -0.25) is 14.7 Å². The van der Waals surface area contributed by atoms with Crippen LogP contribution in [0.1, 0.15) is 37.5 Å². The Morgan fingerprint density at radius 1 is 1.15 bits per heavy atom. The lowest BCUT2D eigenvalue weighted by atomic mass is 10.1. The van der Waals surface area contributed by atoms with E-state index in [1.807, 2.05) is 45.0 Å². The molecular formula is C27H32Cl2N4O5S. The Labute approximate surface area is 239 Å². The fraction of sp³-hybridized carbons (Fsp3) is 0.370. The van der Waals surface area contributed by atoms with E-state index in [0.717, 1.165) is 11.1 Å². The minimum Gasteiger partial charge on any atom is -0.443 e. The topological polar surface area (TPSA) is 108 Å².